The van der Waals surface area contributed by atoms with Gasteiger partial charge in [0.15, 0.2) is 5.96 Å². The van der Waals surface area contributed by atoms with Crippen molar-refractivity contribution in [3.05, 3.63) is 66.0 Å². The zero-order valence-corrected chi connectivity index (χ0v) is 18.9. The Morgan fingerprint density at radius 2 is 1.73 bits per heavy atom. The molecule has 0 radical (unpaired) electrons. The average Bonchev–Trinajstić information content (AvgIpc) is 3.09. The van der Waals surface area contributed by atoms with Crippen LogP contribution in [0.2, 0.25) is 0 Å². The van der Waals surface area contributed by atoms with E-state index in [4.69, 9.17) is 0 Å². The maximum Gasteiger partial charge on any atom is 0.390 e. The van der Waals surface area contributed by atoms with E-state index in [0.717, 1.165) is 22.2 Å². The van der Waals surface area contributed by atoms with E-state index in [0.29, 0.717) is 25.6 Å². The molecule has 30 heavy (non-hydrogen) atoms. The zero-order valence-electron chi connectivity index (χ0n) is 16.6. The van der Waals surface area contributed by atoms with Crippen LogP contribution in [-0.4, -0.2) is 34.8 Å². The van der Waals surface area contributed by atoms with Gasteiger partial charge in [-0.2, -0.15) is 13.2 Å². The van der Waals surface area contributed by atoms with E-state index in [1.54, 1.807) is 0 Å². The normalized spacial score (nSPS) is 11.9. The Hall–Kier alpha value is -2.30. The highest BCUT2D eigenvalue weighted by Crippen LogP contribution is 2.18. The second-order valence-electron chi connectivity index (χ2n) is 6.66. The summed E-state index contributed by atoms with van der Waals surface area (Å²) in [6.45, 7) is 3.35. The molecule has 0 atom stereocenters. The molecule has 1 aromatic heterocycles. The first-order chi connectivity index (χ1) is 13.9. The van der Waals surface area contributed by atoms with Gasteiger partial charge in [-0.25, -0.2) is 9.98 Å². The highest BCUT2D eigenvalue weighted by atomic mass is 127. The van der Waals surface area contributed by atoms with Crippen molar-refractivity contribution < 1.29 is 13.2 Å². The van der Waals surface area contributed by atoms with Gasteiger partial charge in [-0.1, -0.05) is 36.4 Å². The van der Waals surface area contributed by atoms with Gasteiger partial charge in [0.05, 0.1) is 30.3 Å². The van der Waals surface area contributed by atoms with E-state index in [9.17, 15) is 13.2 Å². The molecule has 0 aliphatic rings. The Morgan fingerprint density at radius 1 is 1.03 bits per heavy atom. The van der Waals surface area contributed by atoms with Crippen LogP contribution in [0, 0.1) is 0 Å². The molecule has 0 amide bonds. The number of hydrogen-bond acceptors (Lipinski definition) is 2. The number of hydrogen-bond donors (Lipinski definition) is 2. The van der Waals surface area contributed by atoms with Crippen molar-refractivity contribution in [1.29, 1.82) is 0 Å². The summed E-state index contributed by atoms with van der Waals surface area (Å²) in [5.41, 5.74) is 4.17. The number of nitrogens with zero attached hydrogens (tertiary/aromatic N) is 3. The molecule has 5 nitrogen and oxygen atoms in total. The Balaban J connectivity index is 0.00000320. The predicted molar refractivity (Wildman–Crippen MR) is 124 cm³/mol. The average molecular weight is 531 g/mol. The van der Waals surface area contributed by atoms with E-state index in [-0.39, 0.29) is 30.5 Å². The molecule has 0 fully saturated rings. The first-order valence-electron chi connectivity index (χ1n) is 9.51. The van der Waals surface area contributed by atoms with E-state index < -0.39 is 12.6 Å². The fourth-order valence-electron chi connectivity index (χ4n) is 2.92. The standard InChI is InChI=1S/C21H24F3N5.HI/c1-2-25-20(26-12-11-21(22,23)24)27-13-16-7-9-17(10-8-16)14-29-15-28-18-5-3-4-6-19(18)29;/h3-10,15H,2,11-14H2,1H3,(H2,25,26,27);1H. The Bertz CT molecular complexity index is 951. The summed E-state index contributed by atoms with van der Waals surface area (Å²) in [5, 5.41) is 5.67. The molecule has 3 rings (SSSR count). The lowest BCUT2D eigenvalue weighted by molar-refractivity contribution is -0.132. The van der Waals surface area contributed by atoms with Crippen molar-refractivity contribution in [2.45, 2.75) is 32.6 Å². The largest absolute Gasteiger partial charge is 0.390 e. The lowest BCUT2D eigenvalue weighted by Crippen LogP contribution is -2.38. The quantitative estimate of drug-likeness (QED) is 0.264. The van der Waals surface area contributed by atoms with Gasteiger partial charge >= 0.3 is 6.18 Å². The van der Waals surface area contributed by atoms with Gasteiger partial charge in [-0.05, 0) is 30.2 Å². The SMILES string of the molecule is CCNC(=NCc1ccc(Cn2cnc3ccccc32)cc1)NCCC(F)(F)F.I. The van der Waals surface area contributed by atoms with Crippen molar-refractivity contribution >= 4 is 41.0 Å². The number of guanidine groups is 1. The number of imidazole rings is 1. The molecule has 0 bridgehead atoms. The minimum absolute atomic E-state index is 0. The van der Waals surface area contributed by atoms with Crippen LogP contribution in [0.15, 0.2) is 59.9 Å². The van der Waals surface area contributed by atoms with Crippen LogP contribution in [0.4, 0.5) is 13.2 Å². The molecule has 0 aliphatic heterocycles. The minimum Gasteiger partial charge on any atom is -0.357 e. The van der Waals surface area contributed by atoms with E-state index in [2.05, 4.69) is 25.2 Å². The fourth-order valence-corrected chi connectivity index (χ4v) is 2.92. The molecular weight excluding hydrogens is 506 g/mol. The molecule has 162 valence electrons. The van der Waals surface area contributed by atoms with E-state index >= 15 is 0 Å². The van der Waals surface area contributed by atoms with Crippen molar-refractivity contribution in [3.63, 3.8) is 0 Å². The Kier molecular flexibility index (Phi) is 8.94. The van der Waals surface area contributed by atoms with Crippen LogP contribution >= 0.6 is 24.0 Å². The van der Waals surface area contributed by atoms with Crippen molar-refractivity contribution in [1.82, 2.24) is 20.2 Å². The van der Waals surface area contributed by atoms with Crippen molar-refractivity contribution in [2.75, 3.05) is 13.1 Å². The number of aromatic nitrogens is 2. The van der Waals surface area contributed by atoms with Crippen LogP contribution < -0.4 is 10.6 Å². The maximum atomic E-state index is 12.3. The molecule has 9 heteroatoms. The Morgan fingerprint density at radius 3 is 2.43 bits per heavy atom. The van der Waals surface area contributed by atoms with Gasteiger partial charge in [-0.3, -0.25) is 0 Å². The van der Waals surface area contributed by atoms with Crippen LogP contribution in [0.3, 0.4) is 0 Å². The van der Waals surface area contributed by atoms with Crippen molar-refractivity contribution in [3.8, 4) is 0 Å². The summed E-state index contributed by atoms with van der Waals surface area (Å²) in [4.78, 5) is 8.76. The fraction of sp³-hybridized carbons (Fsp3) is 0.333. The number of aliphatic imine (C=N–C) groups is 1. The summed E-state index contributed by atoms with van der Waals surface area (Å²) < 4.78 is 39.0. The summed E-state index contributed by atoms with van der Waals surface area (Å²) in [6.07, 6.45) is -3.24. The molecule has 0 unspecified atom stereocenters. The third-order valence-corrected chi connectivity index (χ3v) is 4.37. The minimum atomic E-state index is -4.18. The molecule has 2 N–H and O–H groups in total. The molecule has 2 aromatic carbocycles. The summed E-state index contributed by atoms with van der Waals surface area (Å²) in [6, 6.07) is 16.0. The zero-order chi connectivity index (χ0) is 20.7. The number of nitrogens with one attached hydrogen (secondary N) is 2. The molecule has 0 aliphatic carbocycles. The van der Waals surface area contributed by atoms with E-state index in [1.165, 1.54) is 0 Å². The third-order valence-electron chi connectivity index (χ3n) is 4.37. The van der Waals surface area contributed by atoms with Crippen LogP contribution in [0.5, 0.6) is 0 Å². The molecular formula is C21H25F3IN5. The van der Waals surface area contributed by atoms with E-state index in [1.807, 2.05) is 61.8 Å². The second kappa shape index (κ2) is 11.2. The number of benzene rings is 2. The lowest BCUT2D eigenvalue weighted by Gasteiger charge is -2.12. The highest BCUT2D eigenvalue weighted by molar-refractivity contribution is 14.0. The third kappa shape index (κ3) is 7.19. The number of para-hydroxylation sites is 2. The number of rotatable bonds is 7. The van der Waals surface area contributed by atoms with Gasteiger partial charge in [0.25, 0.3) is 0 Å². The van der Waals surface area contributed by atoms with Crippen molar-refractivity contribution in [2.24, 2.45) is 4.99 Å². The molecule has 3 aromatic rings. The number of fused-ring (bicyclic) bond motifs is 1. The van der Waals surface area contributed by atoms with Crippen LogP contribution in [0.1, 0.15) is 24.5 Å². The molecule has 1 heterocycles. The summed E-state index contributed by atoms with van der Waals surface area (Å²) in [5.74, 6) is 0.380. The monoisotopic (exact) mass is 531 g/mol. The topological polar surface area (TPSA) is 54.2 Å². The number of halogens is 4. The van der Waals surface area contributed by atoms with Crippen LogP contribution in [-0.2, 0) is 13.1 Å². The van der Waals surface area contributed by atoms with Gasteiger partial charge in [0.2, 0.25) is 0 Å². The van der Waals surface area contributed by atoms with Gasteiger partial charge in [0, 0.05) is 19.6 Å². The van der Waals surface area contributed by atoms with Gasteiger partial charge in [-0.15, -0.1) is 24.0 Å². The predicted octanol–water partition coefficient (Wildman–Crippen LogP) is 4.71. The first-order valence-corrected chi connectivity index (χ1v) is 9.51. The Labute approximate surface area is 190 Å². The molecule has 0 saturated carbocycles. The summed E-state index contributed by atoms with van der Waals surface area (Å²) in [7, 11) is 0. The van der Waals surface area contributed by atoms with Crippen LogP contribution in [0.25, 0.3) is 11.0 Å². The highest BCUT2D eigenvalue weighted by Gasteiger charge is 2.26. The smallest absolute Gasteiger partial charge is 0.357 e. The first kappa shape index (κ1) is 24.0. The van der Waals surface area contributed by atoms with Gasteiger partial charge < -0.3 is 15.2 Å². The number of alkyl halides is 3. The maximum absolute atomic E-state index is 12.3. The molecule has 0 saturated heterocycles. The molecule has 0 spiro atoms. The lowest BCUT2D eigenvalue weighted by atomic mass is 10.1. The second-order valence-corrected chi connectivity index (χ2v) is 6.66. The van der Waals surface area contributed by atoms with Gasteiger partial charge in [0.1, 0.15) is 0 Å². The summed E-state index contributed by atoms with van der Waals surface area (Å²) >= 11 is 0.